The molecule has 0 aromatic carbocycles. The van der Waals surface area contributed by atoms with Gasteiger partial charge in [-0.15, -0.1) is 0 Å². The van der Waals surface area contributed by atoms with Crippen LogP contribution in [0.15, 0.2) is 28.9 Å². The number of hydrogen-bond donors (Lipinski definition) is 1. The number of hydrogen-bond acceptors (Lipinski definition) is 7. The van der Waals surface area contributed by atoms with Crippen LogP contribution in [-0.2, 0) is 20.0 Å². The van der Waals surface area contributed by atoms with Crippen LogP contribution < -0.4 is 5.32 Å². The molecule has 1 aliphatic rings. The predicted molar refractivity (Wildman–Crippen MR) is 102 cm³/mol. The lowest BCUT2D eigenvalue weighted by molar-refractivity contribution is 0.430. The van der Waals surface area contributed by atoms with Gasteiger partial charge in [-0.2, -0.15) is 15.2 Å². The third-order valence-corrected chi connectivity index (χ3v) is 4.98. The average Bonchev–Trinajstić information content (AvgIpc) is 3.40. The fourth-order valence-corrected chi connectivity index (χ4v) is 3.63. The molecule has 9 nitrogen and oxygen atoms in total. The number of nitrogens with one attached hydrogen (secondary N) is 1. The summed E-state index contributed by atoms with van der Waals surface area (Å²) in [5.74, 6) is 1.67. The van der Waals surface area contributed by atoms with Crippen LogP contribution in [0.3, 0.4) is 0 Å². The standard InChI is InChI=1S/C19H20N8O/c1-11-8-12(2)27(23-11)16-5-4-13(9-21-16)18-22-19(28-25-18)17-14-10-20-7-6-15(14)26(3)24-17/h4-5,8-9,20H,6-7,10H2,1-3H3. The third-order valence-electron chi connectivity index (χ3n) is 4.98. The molecule has 0 amide bonds. The second-order valence-corrected chi connectivity index (χ2v) is 6.99. The minimum atomic E-state index is 0.429. The molecule has 4 aromatic heterocycles. The number of aromatic nitrogens is 7. The van der Waals surface area contributed by atoms with Crippen LogP contribution in [0, 0.1) is 13.8 Å². The van der Waals surface area contributed by atoms with E-state index >= 15 is 0 Å². The molecule has 142 valence electrons. The fraction of sp³-hybridized carbons (Fsp3) is 0.316. The quantitative estimate of drug-likeness (QED) is 0.583. The molecule has 1 aliphatic heterocycles. The van der Waals surface area contributed by atoms with E-state index in [9.17, 15) is 0 Å². The van der Waals surface area contributed by atoms with E-state index in [-0.39, 0.29) is 0 Å². The predicted octanol–water partition coefficient (Wildman–Crippen LogP) is 1.98. The lowest BCUT2D eigenvalue weighted by Gasteiger charge is -2.13. The van der Waals surface area contributed by atoms with E-state index in [4.69, 9.17) is 4.52 Å². The number of nitrogens with zero attached hydrogens (tertiary/aromatic N) is 7. The van der Waals surface area contributed by atoms with Crippen molar-refractivity contribution < 1.29 is 4.52 Å². The second-order valence-electron chi connectivity index (χ2n) is 6.99. The van der Waals surface area contributed by atoms with Crippen LogP contribution in [-0.4, -0.2) is 41.2 Å². The Hall–Kier alpha value is -3.33. The molecule has 0 saturated carbocycles. The van der Waals surface area contributed by atoms with Gasteiger partial charge >= 0.3 is 0 Å². The lowest BCUT2D eigenvalue weighted by Crippen LogP contribution is -2.24. The molecule has 0 aliphatic carbocycles. The van der Waals surface area contributed by atoms with Crippen molar-refractivity contribution in [3.05, 3.63) is 47.0 Å². The highest BCUT2D eigenvalue weighted by molar-refractivity contribution is 5.60. The summed E-state index contributed by atoms with van der Waals surface area (Å²) in [7, 11) is 1.95. The van der Waals surface area contributed by atoms with Gasteiger partial charge < -0.3 is 9.84 Å². The highest BCUT2D eigenvalue weighted by atomic mass is 16.5. The van der Waals surface area contributed by atoms with E-state index in [1.165, 1.54) is 5.69 Å². The maximum absolute atomic E-state index is 5.51. The zero-order valence-corrected chi connectivity index (χ0v) is 16.0. The van der Waals surface area contributed by atoms with Gasteiger partial charge in [-0.3, -0.25) is 4.68 Å². The van der Waals surface area contributed by atoms with Crippen LogP contribution in [0.2, 0.25) is 0 Å². The van der Waals surface area contributed by atoms with Crippen molar-refractivity contribution in [2.24, 2.45) is 7.05 Å². The summed E-state index contributed by atoms with van der Waals surface area (Å²) in [6, 6.07) is 5.84. The highest BCUT2D eigenvalue weighted by Crippen LogP contribution is 2.28. The first-order chi connectivity index (χ1) is 13.6. The molecule has 0 saturated heterocycles. The summed E-state index contributed by atoms with van der Waals surface area (Å²) in [5.41, 5.74) is 5.86. The van der Waals surface area contributed by atoms with Crippen molar-refractivity contribution >= 4 is 0 Å². The molecule has 28 heavy (non-hydrogen) atoms. The van der Waals surface area contributed by atoms with Crippen molar-refractivity contribution in [2.75, 3.05) is 6.54 Å². The van der Waals surface area contributed by atoms with Gasteiger partial charge in [-0.25, -0.2) is 9.67 Å². The fourth-order valence-electron chi connectivity index (χ4n) is 3.63. The molecule has 0 bridgehead atoms. The molecule has 0 spiro atoms. The van der Waals surface area contributed by atoms with Gasteiger partial charge in [-0.05, 0) is 32.0 Å². The number of rotatable bonds is 3. The molecule has 1 N–H and O–H groups in total. The topological polar surface area (TPSA) is 99.5 Å². The Labute approximate surface area is 161 Å². The summed E-state index contributed by atoms with van der Waals surface area (Å²) in [6.45, 7) is 5.68. The molecule has 5 heterocycles. The third kappa shape index (κ3) is 2.71. The molecular formula is C19H20N8O. The Kier molecular flexibility index (Phi) is 3.83. The van der Waals surface area contributed by atoms with Gasteiger partial charge in [0, 0.05) is 55.3 Å². The Bertz CT molecular complexity index is 1150. The van der Waals surface area contributed by atoms with Crippen molar-refractivity contribution in [3.8, 4) is 28.8 Å². The van der Waals surface area contributed by atoms with Gasteiger partial charge in [0.15, 0.2) is 11.5 Å². The second kappa shape index (κ2) is 6.38. The van der Waals surface area contributed by atoms with Crippen molar-refractivity contribution in [3.63, 3.8) is 0 Å². The van der Waals surface area contributed by atoms with Crippen LogP contribution in [0.25, 0.3) is 28.8 Å². The van der Waals surface area contributed by atoms with Gasteiger partial charge in [0.05, 0.1) is 5.69 Å². The van der Waals surface area contributed by atoms with E-state index in [0.29, 0.717) is 11.7 Å². The van der Waals surface area contributed by atoms with Gasteiger partial charge in [0.1, 0.15) is 0 Å². The molecule has 0 atom stereocenters. The molecule has 0 unspecified atom stereocenters. The van der Waals surface area contributed by atoms with Crippen molar-refractivity contribution in [2.45, 2.75) is 26.8 Å². The van der Waals surface area contributed by atoms with Crippen molar-refractivity contribution in [1.29, 1.82) is 0 Å². The molecule has 9 heteroatoms. The summed E-state index contributed by atoms with van der Waals surface area (Å²) in [4.78, 5) is 9.06. The van der Waals surface area contributed by atoms with Crippen molar-refractivity contribution in [1.82, 2.24) is 40.0 Å². The first kappa shape index (κ1) is 16.8. The van der Waals surface area contributed by atoms with Crippen LogP contribution in [0.5, 0.6) is 0 Å². The Morgan fingerprint density at radius 3 is 2.82 bits per heavy atom. The van der Waals surface area contributed by atoms with E-state index in [1.807, 2.05) is 48.5 Å². The molecule has 0 radical (unpaired) electrons. The van der Waals surface area contributed by atoms with Crippen LogP contribution in [0.4, 0.5) is 0 Å². The first-order valence-electron chi connectivity index (χ1n) is 9.20. The number of pyridine rings is 1. The SMILES string of the molecule is Cc1cc(C)n(-c2ccc(-c3noc(-c4nn(C)c5c4CNCC5)n3)cn2)n1. The van der Waals surface area contributed by atoms with E-state index in [2.05, 4.69) is 30.6 Å². The van der Waals surface area contributed by atoms with Crippen LogP contribution in [0.1, 0.15) is 22.6 Å². The van der Waals surface area contributed by atoms with Crippen LogP contribution >= 0.6 is 0 Å². The van der Waals surface area contributed by atoms with E-state index in [1.54, 1.807) is 6.20 Å². The van der Waals surface area contributed by atoms with Gasteiger partial charge in [-0.1, -0.05) is 5.16 Å². The summed E-state index contributed by atoms with van der Waals surface area (Å²) in [5, 5.41) is 16.5. The molecule has 4 aromatic rings. The lowest BCUT2D eigenvalue weighted by atomic mass is 10.1. The maximum atomic E-state index is 5.51. The highest BCUT2D eigenvalue weighted by Gasteiger charge is 2.24. The number of fused-ring (bicyclic) bond motifs is 1. The normalized spacial score (nSPS) is 13.7. The Balaban J connectivity index is 1.46. The minimum absolute atomic E-state index is 0.429. The van der Waals surface area contributed by atoms with E-state index in [0.717, 1.165) is 53.5 Å². The number of aryl methyl sites for hydroxylation is 3. The van der Waals surface area contributed by atoms with E-state index < -0.39 is 0 Å². The van der Waals surface area contributed by atoms with Gasteiger partial charge in [0.25, 0.3) is 5.89 Å². The zero-order valence-electron chi connectivity index (χ0n) is 16.0. The van der Waals surface area contributed by atoms with Gasteiger partial charge in [0.2, 0.25) is 5.82 Å². The zero-order chi connectivity index (χ0) is 19.3. The molecular weight excluding hydrogens is 356 g/mol. The monoisotopic (exact) mass is 376 g/mol. The average molecular weight is 376 g/mol. The molecule has 0 fully saturated rings. The Morgan fingerprint density at radius 1 is 1.18 bits per heavy atom. The summed E-state index contributed by atoms with van der Waals surface area (Å²) in [6.07, 6.45) is 2.67. The minimum Gasteiger partial charge on any atom is -0.332 e. The first-order valence-corrected chi connectivity index (χ1v) is 9.20. The summed E-state index contributed by atoms with van der Waals surface area (Å²) >= 11 is 0. The largest absolute Gasteiger partial charge is 0.332 e. The molecule has 5 rings (SSSR count). The Morgan fingerprint density at radius 2 is 2.07 bits per heavy atom. The maximum Gasteiger partial charge on any atom is 0.279 e. The smallest absolute Gasteiger partial charge is 0.279 e. The summed E-state index contributed by atoms with van der Waals surface area (Å²) < 4.78 is 9.23.